The van der Waals surface area contributed by atoms with E-state index in [9.17, 15) is 9.59 Å². The number of carbonyl (C=O) groups is 2. The van der Waals surface area contributed by atoms with Crippen LogP contribution in [0.5, 0.6) is 0 Å². The average molecular weight is 378 g/mol. The maximum absolute atomic E-state index is 12.9. The lowest BCUT2D eigenvalue weighted by atomic mass is 9.84. The van der Waals surface area contributed by atoms with Gasteiger partial charge in [-0.25, -0.2) is 0 Å². The predicted molar refractivity (Wildman–Crippen MR) is 111 cm³/mol. The van der Waals surface area contributed by atoms with Crippen LogP contribution in [-0.2, 0) is 4.79 Å². The lowest BCUT2D eigenvalue weighted by Gasteiger charge is -2.25. The molecule has 0 aliphatic heterocycles. The highest BCUT2D eigenvalue weighted by Gasteiger charge is 2.32. The molecule has 0 unspecified atom stereocenters. The highest BCUT2D eigenvalue weighted by molar-refractivity contribution is 7.08. The van der Waals surface area contributed by atoms with E-state index in [4.69, 9.17) is 0 Å². The zero-order chi connectivity index (χ0) is 19.4. The molecule has 0 saturated carbocycles. The van der Waals surface area contributed by atoms with Crippen LogP contribution >= 0.6 is 11.3 Å². The quantitative estimate of drug-likeness (QED) is 0.638. The van der Waals surface area contributed by atoms with Crippen LogP contribution in [0, 0.1) is 5.41 Å². The van der Waals surface area contributed by atoms with Crippen LogP contribution in [0.15, 0.2) is 71.4 Å². The highest BCUT2D eigenvalue weighted by atomic mass is 32.1. The number of hydrogen-bond acceptors (Lipinski definition) is 3. The number of Topliss-reactive ketones (excluding diaryl/α,β-unsaturated/α-hetero) is 1. The highest BCUT2D eigenvalue weighted by Crippen LogP contribution is 2.27. The summed E-state index contributed by atoms with van der Waals surface area (Å²) in [4.78, 5) is 25.6. The SMILES string of the molecule is CC(C)(C)C(=O)[C@@H](NC(=O)c1ccc(-c2ccccc2)cc1)c1ccsc1. The number of rotatable bonds is 5. The van der Waals surface area contributed by atoms with Gasteiger partial charge in [-0.2, -0.15) is 11.3 Å². The number of benzene rings is 2. The van der Waals surface area contributed by atoms with Crippen LogP contribution < -0.4 is 5.32 Å². The molecule has 3 aromatic rings. The topological polar surface area (TPSA) is 46.2 Å². The smallest absolute Gasteiger partial charge is 0.252 e. The van der Waals surface area contributed by atoms with Gasteiger partial charge in [0.15, 0.2) is 5.78 Å². The largest absolute Gasteiger partial charge is 0.338 e. The molecule has 1 N–H and O–H groups in total. The van der Waals surface area contributed by atoms with E-state index in [1.807, 2.05) is 80.1 Å². The Hall–Kier alpha value is -2.72. The van der Waals surface area contributed by atoms with Gasteiger partial charge < -0.3 is 5.32 Å². The fourth-order valence-electron chi connectivity index (χ4n) is 2.83. The van der Waals surface area contributed by atoms with Gasteiger partial charge in [0.1, 0.15) is 6.04 Å². The van der Waals surface area contributed by atoms with Crippen molar-refractivity contribution in [2.45, 2.75) is 26.8 Å². The number of amides is 1. The van der Waals surface area contributed by atoms with Gasteiger partial charge in [-0.05, 0) is 45.6 Å². The third-order valence-corrected chi connectivity index (χ3v) is 5.11. The molecule has 0 radical (unpaired) electrons. The number of ketones is 1. The van der Waals surface area contributed by atoms with Crippen molar-refractivity contribution in [3.8, 4) is 11.1 Å². The molecule has 0 spiro atoms. The van der Waals surface area contributed by atoms with Crippen molar-refractivity contribution in [2.75, 3.05) is 0 Å². The molecule has 0 aliphatic carbocycles. The van der Waals surface area contributed by atoms with Crippen LogP contribution in [0.2, 0.25) is 0 Å². The Morgan fingerprint density at radius 1 is 0.889 bits per heavy atom. The summed E-state index contributed by atoms with van der Waals surface area (Å²) in [7, 11) is 0. The first-order chi connectivity index (χ1) is 12.9. The minimum absolute atomic E-state index is 0.00449. The van der Waals surface area contributed by atoms with Crippen LogP contribution in [-0.4, -0.2) is 11.7 Å². The fraction of sp³-hybridized carbons (Fsp3) is 0.217. The first-order valence-corrected chi connectivity index (χ1v) is 9.83. The molecular weight excluding hydrogens is 354 g/mol. The maximum Gasteiger partial charge on any atom is 0.252 e. The Kier molecular flexibility index (Phi) is 5.57. The van der Waals surface area contributed by atoms with Gasteiger partial charge in [0.2, 0.25) is 0 Å². The first kappa shape index (κ1) is 19.1. The molecule has 1 aromatic heterocycles. The molecule has 3 nitrogen and oxygen atoms in total. The van der Waals surface area contributed by atoms with Gasteiger partial charge in [0.25, 0.3) is 5.91 Å². The summed E-state index contributed by atoms with van der Waals surface area (Å²) < 4.78 is 0. The number of thiophene rings is 1. The second kappa shape index (κ2) is 7.89. The number of hydrogen-bond donors (Lipinski definition) is 1. The molecule has 1 atom stereocenters. The monoisotopic (exact) mass is 377 g/mol. The molecule has 138 valence electrons. The van der Waals surface area contributed by atoms with Gasteiger partial charge in [-0.15, -0.1) is 0 Å². The van der Waals surface area contributed by atoms with Crippen molar-refractivity contribution in [2.24, 2.45) is 5.41 Å². The van der Waals surface area contributed by atoms with E-state index < -0.39 is 11.5 Å². The van der Waals surface area contributed by atoms with Gasteiger partial charge in [-0.1, -0.05) is 63.2 Å². The van der Waals surface area contributed by atoms with E-state index >= 15 is 0 Å². The minimum atomic E-state index is -0.641. The third-order valence-electron chi connectivity index (χ3n) is 4.41. The molecule has 4 heteroatoms. The molecule has 0 bridgehead atoms. The molecule has 27 heavy (non-hydrogen) atoms. The maximum atomic E-state index is 12.9. The lowest BCUT2D eigenvalue weighted by Crippen LogP contribution is -2.39. The summed E-state index contributed by atoms with van der Waals surface area (Å²) in [6, 6.07) is 18.7. The Bertz CT molecular complexity index is 907. The zero-order valence-electron chi connectivity index (χ0n) is 15.7. The van der Waals surface area contributed by atoms with Crippen molar-refractivity contribution in [3.63, 3.8) is 0 Å². The Morgan fingerprint density at radius 3 is 2.07 bits per heavy atom. The van der Waals surface area contributed by atoms with Gasteiger partial charge >= 0.3 is 0 Å². The molecule has 3 rings (SSSR count). The van der Waals surface area contributed by atoms with Crippen molar-refractivity contribution >= 4 is 23.0 Å². The molecule has 1 amide bonds. The summed E-state index contributed by atoms with van der Waals surface area (Å²) in [5, 5.41) is 6.75. The molecule has 1 heterocycles. The molecule has 0 fully saturated rings. The van der Waals surface area contributed by atoms with E-state index in [1.54, 1.807) is 12.1 Å². The number of carbonyl (C=O) groups excluding carboxylic acids is 2. The van der Waals surface area contributed by atoms with E-state index in [0.29, 0.717) is 5.56 Å². The predicted octanol–water partition coefficient (Wildman–Crippen LogP) is 5.50. The normalized spacial score (nSPS) is 12.4. The first-order valence-electron chi connectivity index (χ1n) is 8.89. The molecule has 0 saturated heterocycles. The van der Waals surface area contributed by atoms with Crippen LogP contribution in [0.25, 0.3) is 11.1 Å². The van der Waals surface area contributed by atoms with E-state index in [2.05, 4.69) is 5.32 Å². The summed E-state index contributed by atoms with van der Waals surface area (Å²) in [6.45, 7) is 5.61. The van der Waals surface area contributed by atoms with Crippen molar-refractivity contribution in [1.82, 2.24) is 5.32 Å². The number of nitrogens with one attached hydrogen (secondary N) is 1. The summed E-state index contributed by atoms with van der Waals surface area (Å²) in [6.07, 6.45) is 0. The van der Waals surface area contributed by atoms with Crippen LogP contribution in [0.4, 0.5) is 0 Å². The third kappa shape index (κ3) is 4.52. The Morgan fingerprint density at radius 2 is 1.52 bits per heavy atom. The van der Waals surface area contributed by atoms with Crippen molar-refractivity contribution in [3.05, 3.63) is 82.6 Å². The average Bonchev–Trinajstić information content (AvgIpc) is 3.20. The van der Waals surface area contributed by atoms with E-state index in [-0.39, 0.29) is 11.7 Å². The van der Waals surface area contributed by atoms with Gasteiger partial charge in [-0.3, -0.25) is 9.59 Å². The van der Waals surface area contributed by atoms with Crippen molar-refractivity contribution < 1.29 is 9.59 Å². The Balaban J connectivity index is 1.81. The minimum Gasteiger partial charge on any atom is -0.338 e. The summed E-state index contributed by atoms with van der Waals surface area (Å²) >= 11 is 1.51. The Labute approximate surface area is 164 Å². The summed E-state index contributed by atoms with van der Waals surface area (Å²) in [5.41, 5.74) is 2.97. The zero-order valence-corrected chi connectivity index (χ0v) is 16.5. The van der Waals surface area contributed by atoms with Gasteiger partial charge in [0.05, 0.1) is 0 Å². The van der Waals surface area contributed by atoms with Gasteiger partial charge in [0, 0.05) is 11.0 Å². The van der Waals surface area contributed by atoms with E-state index in [1.165, 1.54) is 11.3 Å². The fourth-order valence-corrected chi connectivity index (χ4v) is 3.52. The standard InChI is InChI=1S/C23H23NO2S/c1-23(2,3)21(25)20(19-13-14-27-15-19)24-22(26)18-11-9-17(10-12-18)16-7-5-4-6-8-16/h4-15,20H,1-3H3,(H,24,26)/t20-/m0/s1. The lowest BCUT2D eigenvalue weighted by molar-refractivity contribution is -0.128. The van der Waals surface area contributed by atoms with Crippen LogP contribution in [0.1, 0.15) is 42.7 Å². The van der Waals surface area contributed by atoms with Crippen molar-refractivity contribution in [1.29, 1.82) is 0 Å². The molecule has 0 aliphatic rings. The second-order valence-corrected chi connectivity index (χ2v) is 8.30. The molecule has 2 aromatic carbocycles. The summed E-state index contributed by atoms with van der Waals surface area (Å²) in [5.74, 6) is -0.251. The van der Waals surface area contributed by atoms with E-state index in [0.717, 1.165) is 16.7 Å². The second-order valence-electron chi connectivity index (χ2n) is 7.52. The molecular formula is C23H23NO2S. The van der Waals surface area contributed by atoms with Crippen LogP contribution in [0.3, 0.4) is 0 Å².